The van der Waals surface area contributed by atoms with Crippen LogP contribution in [0, 0.1) is 0 Å². The quantitative estimate of drug-likeness (QED) is 0.904. The van der Waals surface area contributed by atoms with Gasteiger partial charge in [0.05, 0.1) is 4.90 Å². The monoisotopic (exact) mass is 290 g/mol. The molecule has 0 aliphatic carbocycles. The van der Waals surface area contributed by atoms with Crippen molar-refractivity contribution in [3.63, 3.8) is 0 Å². The summed E-state index contributed by atoms with van der Waals surface area (Å²) in [6.45, 7) is 1.43. The molecular weight excluding hydrogens is 272 g/mol. The van der Waals surface area contributed by atoms with E-state index >= 15 is 0 Å². The molecule has 2 N–H and O–H groups in total. The maximum absolute atomic E-state index is 12.3. The third kappa shape index (κ3) is 2.85. The Morgan fingerprint density at radius 1 is 1.15 bits per heavy atom. The first-order chi connectivity index (χ1) is 9.65. The first kappa shape index (κ1) is 13.5. The number of sulfonamides is 1. The summed E-state index contributed by atoms with van der Waals surface area (Å²) in [4.78, 5) is 0.328. The van der Waals surface area contributed by atoms with Crippen LogP contribution in [0.15, 0.2) is 47.4 Å². The summed E-state index contributed by atoms with van der Waals surface area (Å²) >= 11 is 0. The third-order valence-corrected chi connectivity index (χ3v) is 5.13. The highest BCUT2D eigenvalue weighted by Crippen LogP contribution is 2.19. The summed E-state index contributed by atoms with van der Waals surface area (Å²) in [5.74, 6) is 0. The second-order valence-corrected chi connectivity index (χ2v) is 6.92. The van der Waals surface area contributed by atoms with Crippen molar-refractivity contribution < 1.29 is 8.42 Å². The lowest BCUT2D eigenvalue weighted by Gasteiger charge is -2.12. The van der Waals surface area contributed by atoms with Crippen LogP contribution in [0.2, 0.25) is 0 Å². The van der Waals surface area contributed by atoms with Crippen molar-refractivity contribution in [2.45, 2.75) is 23.8 Å². The van der Waals surface area contributed by atoms with Gasteiger partial charge in [-0.25, -0.2) is 13.1 Å². The van der Waals surface area contributed by atoms with E-state index in [0.717, 1.165) is 30.2 Å². The average molecular weight is 290 g/mol. The molecule has 1 aliphatic rings. The molecule has 1 fully saturated rings. The molecule has 0 bridgehead atoms. The van der Waals surface area contributed by atoms with Crippen LogP contribution >= 0.6 is 0 Å². The topological polar surface area (TPSA) is 58.2 Å². The Balaban J connectivity index is 1.80. The summed E-state index contributed by atoms with van der Waals surface area (Å²) in [6, 6.07) is 13.2. The molecule has 0 spiro atoms. The first-order valence-electron chi connectivity index (χ1n) is 6.87. The highest BCUT2D eigenvalue weighted by Gasteiger charge is 2.19. The zero-order valence-electron chi connectivity index (χ0n) is 11.2. The minimum Gasteiger partial charge on any atom is -0.313 e. The van der Waals surface area contributed by atoms with E-state index in [0.29, 0.717) is 11.4 Å². The Kier molecular flexibility index (Phi) is 3.74. The van der Waals surface area contributed by atoms with Gasteiger partial charge in [0.15, 0.2) is 0 Å². The zero-order valence-corrected chi connectivity index (χ0v) is 12.0. The van der Waals surface area contributed by atoms with Gasteiger partial charge in [0.2, 0.25) is 10.0 Å². The van der Waals surface area contributed by atoms with Gasteiger partial charge in [-0.3, -0.25) is 0 Å². The van der Waals surface area contributed by atoms with E-state index in [-0.39, 0.29) is 6.04 Å². The van der Waals surface area contributed by atoms with Crippen molar-refractivity contribution >= 4 is 20.8 Å². The molecule has 2 aromatic carbocycles. The van der Waals surface area contributed by atoms with E-state index in [1.807, 2.05) is 30.3 Å². The molecule has 2 aromatic rings. The minimum absolute atomic E-state index is 0.255. The highest BCUT2D eigenvalue weighted by atomic mass is 32.2. The van der Waals surface area contributed by atoms with Crippen molar-refractivity contribution in [1.29, 1.82) is 0 Å². The molecule has 3 rings (SSSR count). The Hall–Kier alpha value is -1.43. The van der Waals surface area contributed by atoms with Gasteiger partial charge in [-0.15, -0.1) is 0 Å². The summed E-state index contributed by atoms with van der Waals surface area (Å²) in [5, 5.41) is 5.27. The van der Waals surface area contributed by atoms with Gasteiger partial charge in [-0.1, -0.05) is 30.3 Å². The molecule has 0 amide bonds. The van der Waals surface area contributed by atoms with Crippen LogP contribution in [0.1, 0.15) is 12.8 Å². The van der Waals surface area contributed by atoms with E-state index in [1.165, 1.54) is 0 Å². The molecule has 106 valence electrons. The SMILES string of the molecule is O=S(=O)(NCC1CCCN1)c1ccc2ccccc2c1. The summed E-state index contributed by atoms with van der Waals surface area (Å²) in [7, 11) is -3.43. The highest BCUT2D eigenvalue weighted by molar-refractivity contribution is 7.89. The Labute approximate surface area is 119 Å². The standard InChI is InChI=1S/C15H18N2O2S/c18-20(19,17-11-14-6-3-9-16-14)15-8-7-12-4-1-2-5-13(12)10-15/h1-2,4-5,7-8,10,14,16-17H,3,6,9,11H2. The second kappa shape index (κ2) is 5.52. The van der Waals surface area contributed by atoms with Crippen molar-refractivity contribution in [2.24, 2.45) is 0 Å². The predicted octanol–water partition coefficient (Wildman–Crippen LogP) is 1.87. The lowest BCUT2D eigenvalue weighted by molar-refractivity contribution is 0.552. The van der Waals surface area contributed by atoms with Gasteiger partial charge in [-0.05, 0) is 42.3 Å². The second-order valence-electron chi connectivity index (χ2n) is 5.15. The predicted molar refractivity (Wildman–Crippen MR) is 80.2 cm³/mol. The summed E-state index contributed by atoms with van der Waals surface area (Å²) < 4.78 is 27.3. The molecule has 0 radical (unpaired) electrons. The minimum atomic E-state index is -3.43. The fraction of sp³-hybridized carbons (Fsp3) is 0.333. The smallest absolute Gasteiger partial charge is 0.240 e. The molecule has 1 heterocycles. The van der Waals surface area contributed by atoms with Crippen molar-refractivity contribution in [2.75, 3.05) is 13.1 Å². The van der Waals surface area contributed by atoms with Crippen LogP contribution in [0.5, 0.6) is 0 Å². The van der Waals surface area contributed by atoms with Crippen LogP contribution in [0.3, 0.4) is 0 Å². The van der Waals surface area contributed by atoms with Gasteiger partial charge >= 0.3 is 0 Å². The number of fused-ring (bicyclic) bond motifs is 1. The molecular formula is C15H18N2O2S. The average Bonchev–Trinajstić information content (AvgIpc) is 2.98. The van der Waals surface area contributed by atoms with Crippen LogP contribution in [-0.4, -0.2) is 27.5 Å². The van der Waals surface area contributed by atoms with E-state index in [2.05, 4.69) is 10.0 Å². The van der Waals surface area contributed by atoms with Gasteiger partial charge in [-0.2, -0.15) is 0 Å². The lowest BCUT2D eigenvalue weighted by Crippen LogP contribution is -2.37. The molecule has 1 unspecified atom stereocenters. The number of benzene rings is 2. The fourth-order valence-electron chi connectivity index (χ4n) is 2.56. The summed E-state index contributed by atoms with van der Waals surface area (Å²) in [5.41, 5.74) is 0. The van der Waals surface area contributed by atoms with Crippen molar-refractivity contribution in [1.82, 2.24) is 10.0 Å². The van der Waals surface area contributed by atoms with Crippen molar-refractivity contribution in [3.05, 3.63) is 42.5 Å². The van der Waals surface area contributed by atoms with Crippen LogP contribution in [-0.2, 0) is 10.0 Å². The summed E-state index contributed by atoms with van der Waals surface area (Å²) in [6.07, 6.45) is 2.14. The zero-order chi connectivity index (χ0) is 14.0. The lowest BCUT2D eigenvalue weighted by atomic mass is 10.1. The molecule has 1 aliphatic heterocycles. The van der Waals surface area contributed by atoms with Gasteiger partial charge in [0, 0.05) is 12.6 Å². The van der Waals surface area contributed by atoms with Gasteiger partial charge < -0.3 is 5.32 Å². The van der Waals surface area contributed by atoms with E-state index in [1.54, 1.807) is 12.1 Å². The van der Waals surface area contributed by atoms with Gasteiger partial charge in [0.1, 0.15) is 0 Å². The maximum Gasteiger partial charge on any atom is 0.240 e. The Bertz CT molecular complexity index is 707. The van der Waals surface area contributed by atoms with Crippen molar-refractivity contribution in [3.8, 4) is 0 Å². The molecule has 0 aromatic heterocycles. The normalized spacial score (nSPS) is 19.5. The number of nitrogens with one attached hydrogen (secondary N) is 2. The maximum atomic E-state index is 12.3. The number of rotatable bonds is 4. The van der Waals surface area contributed by atoms with Crippen LogP contribution < -0.4 is 10.0 Å². The largest absolute Gasteiger partial charge is 0.313 e. The first-order valence-corrected chi connectivity index (χ1v) is 8.35. The third-order valence-electron chi connectivity index (χ3n) is 3.71. The Morgan fingerprint density at radius 3 is 2.70 bits per heavy atom. The fourth-order valence-corrected chi connectivity index (χ4v) is 3.68. The molecule has 4 nitrogen and oxygen atoms in total. The van der Waals surface area contributed by atoms with E-state index in [9.17, 15) is 8.42 Å². The number of hydrogen-bond acceptors (Lipinski definition) is 3. The van der Waals surface area contributed by atoms with Crippen LogP contribution in [0.25, 0.3) is 10.8 Å². The van der Waals surface area contributed by atoms with E-state index < -0.39 is 10.0 Å². The van der Waals surface area contributed by atoms with Gasteiger partial charge in [0.25, 0.3) is 0 Å². The van der Waals surface area contributed by atoms with Crippen LogP contribution in [0.4, 0.5) is 0 Å². The molecule has 1 atom stereocenters. The molecule has 0 saturated carbocycles. The molecule has 20 heavy (non-hydrogen) atoms. The molecule has 1 saturated heterocycles. The van der Waals surface area contributed by atoms with E-state index in [4.69, 9.17) is 0 Å². The number of hydrogen-bond donors (Lipinski definition) is 2. The molecule has 5 heteroatoms. The Morgan fingerprint density at radius 2 is 1.95 bits per heavy atom.